The molecule has 0 aromatic carbocycles. The van der Waals surface area contributed by atoms with E-state index >= 15 is 0 Å². The predicted octanol–water partition coefficient (Wildman–Crippen LogP) is 1.99. The quantitative estimate of drug-likeness (QED) is 0.725. The summed E-state index contributed by atoms with van der Waals surface area (Å²) in [6.07, 6.45) is 5.20. The molecule has 1 rings (SSSR count). The minimum atomic E-state index is -0.632. The van der Waals surface area contributed by atoms with E-state index in [1.54, 1.807) is 7.11 Å². The highest BCUT2D eigenvalue weighted by molar-refractivity contribution is 5.70. The van der Waals surface area contributed by atoms with Crippen LogP contribution in [-0.2, 0) is 9.53 Å². The van der Waals surface area contributed by atoms with Crippen LogP contribution in [0.25, 0.3) is 0 Å². The van der Waals surface area contributed by atoms with Crippen LogP contribution in [0.15, 0.2) is 0 Å². The summed E-state index contributed by atoms with van der Waals surface area (Å²) >= 11 is 0. The molecule has 4 heteroatoms. The first-order chi connectivity index (χ1) is 8.20. The van der Waals surface area contributed by atoms with Crippen LogP contribution in [0.2, 0.25) is 0 Å². The number of hydrogen-bond donors (Lipinski definition) is 1. The van der Waals surface area contributed by atoms with Gasteiger partial charge in [0, 0.05) is 19.7 Å². The Hall–Kier alpha value is -0.610. The van der Waals surface area contributed by atoms with Gasteiger partial charge < -0.3 is 9.84 Å². The molecule has 0 radical (unpaired) electrons. The Labute approximate surface area is 104 Å². The van der Waals surface area contributed by atoms with Gasteiger partial charge in [-0.15, -0.1) is 0 Å². The Balaban J connectivity index is 2.68. The number of carboxylic acids is 1. The van der Waals surface area contributed by atoms with Gasteiger partial charge in [0.1, 0.15) is 0 Å². The van der Waals surface area contributed by atoms with Crippen molar-refractivity contribution in [3.8, 4) is 0 Å². The maximum absolute atomic E-state index is 11.4. The summed E-state index contributed by atoms with van der Waals surface area (Å²) in [7, 11) is 1.69. The monoisotopic (exact) mass is 243 g/mol. The van der Waals surface area contributed by atoms with Gasteiger partial charge in [0.05, 0.1) is 12.5 Å². The third-order valence-corrected chi connectivity index (χ3v) is 3.75. The van der Waals surface area contributed by atoms with Crippen LogP contribution in [0.3, 0.4) is 0 Å². The lowest BCUT2D eigenvalue weighted by atomic mass is 9.93. The number of ether oxygens (including phenoxy) is 1. The van der Waals surface area contributed by atoms with Gasteiger partial charge in [-0.2, -0.15) is 0 Å². The van der Waals surface area contributed by atoms with Crippen molar-refractivity contribution >= 4 is 5.97 Å². The van der Waals surface area contributed by atoms with Crippen LogP contribution in [-0.4, -0.2) is 48.8 Å². The van der Waals surface area contributed by atoms with E-state index < -0.39 is 5.97 Å². The van der Waals surface area contributed by atoms with Gasteiger partial charge in [0.2, 0.25) is 0 Å². The Kier molecular flexibility index (Phi) is 6.52. The largest absolute Gasteiger partial charge is 0.481 e. The van der Waals surface area contributed by atoms with E-state index in [1.807, 2.05) is 0 Å². The zero-order valence-corrected chi connectivity index (χ0v) is 11.0. The standard InChI is InChI=1S/C13H25NO3/c1-3-14(9-10-17-2)12-8-6-4-5-7-11(12)13(15)16/h11-12H,3-10H2,1-2H3,(H,15,16). The lowest BCUT2D eigenvalue weighted by molar-refractivity contribution is -0.144. The van der Waals surface area contributed by atoms with E-state index in [0.29, 0.717) is 6.61 Å². The van der Waals surface area contributed by atoms with Gasteiger partial charge in [0.15, 0.2) is 0 Å². The van der Waals surface area contributed by atoms with Gasteiger partial charge in [-0.05, 0) is 19.4 Å². The normalized spacial score (nSPS) is 25.8. The van der Waals surface area contributed by atoms with Crippen molar-refractivity contribution < 1.29 is 14.6 Å². The molecule has 1 saturated carbocycles. The fraction of sp³-hybridized carbons (Fsp3) is 0.923. The number of aliphatic carboxylic acids is 1. The molecule has 2 unspecified atom stereocenters. The van der Waals surface area contributed by atoms with Gasteiger partial charge in [-0.25, -0.2) is 0 Å². The number of methoxy groups -OCH3 is 1. The summed E-state index contributed by atoms with van der Waals surface area (Å²) in [4.78, 5) is 13.6. The number of carbonyl (C=O) groups is 1. The molecule has 1 N–H and O–H groups in total. The predicted molar refractivity (Wildman–Crippen MR) is 67.1 cm³/mol. The Morgan fingerprint density at radius 1 is 1.35 bits per heavy atom. The Morgan fingerprint density at radius 3 is 2.65 bits per heavy atom. The molecule has 0 heterocycles. The molecular formula is C13H25NO3. The zero-order valence-electron chi connectivity index (χ0n) is 11.0. The first-order valence-corrected chi connectivity index (χ1v) is 6.66. The second kappa shape index (κ2) is 7.67. The van der Waals surface area contributed by atoms with Crippen molar-refractivity contribution in [3.05, 3.63) is 0 Å². The fourth-order valence-corrected chi connectivity index (χ4v) is 2.78. The zero-order chi connectivity index (χ0) is 12.7. The summed E-state index contributed by atoms with van der Waals surface area (Å²) in [5.41, 5.74) is 0. The first-order valence-electron chi connectivity index (χ1n) is 6.66. The molecule has 4 nitrogen and oxygen atoms in total. The fourth-order valence-electron chi connectivity index (χ4n) is 2.78. The molecule has 0 aliphatic heterocycles. The molecule has 2 atom stereocenters. The maximum atomic E-state index is 11.4. The van der Waals surface area contributed by atoms with Crippen molar-refractivity contribution in [2.45, 2.75) is 45.1 Å². The highest BCUT2D eigenvalue weighted by Crippen LogP contribution is 2.27. The smallest absolute Gasteiger partial charge is 0.308 e. The molecule has 1 fully saturated rings. The van der Waals surface area contributed by atoms with Gasteiger partial charge in [-0.3, -0.25) is 9.69 Å². The average Bonchev–Trinajstić information content (AvgIpc) is 2.56. The Bertz CT molecular complexity index is 233. The molecule has 0 spiro atoms. The lowest BCUT2D eigenvalue weighted by Crippen LogP contribution is -2.44. The molecule has 0 amide bonds. The molecule has 0 saturated heterocycles. The molecule has 100 valence electrons. The molecule has 17 heavy (non-hydrogen) atoms. The van der Waals surface area contributed by atoms with E-state index in [0.717, 1.165) is 38.8 Å². The van der Waals surface area contributed by atoms with Crippen molar-refractivity contribution in [2.75, 3.05) is 26.8 Å². The minimum Gasteiger partial charge on any atom is -0.481 e. The third kappa shape index (κ3) is 4.28. The molecular weight excluding hydrogens is 218 g/mol. The lowest BCUT2D eigenvalue weighted by Gasteiger charge is -2.33. The molecule has 0 aromatic heterocycles. The molecule has 1 aliphatic rings. The number of carboxylic acid groups (broad SMARTS) is 1. The van der Waals surface area contributed by atoms with Crippen LogP contribution >= 0.6 is 0 Å². The molecule has 0 bridgehead atoms. The summed E-state index contributed by atoms with van der Waals surface area (Å²) in [5.74, 6) is -0.831. The summed E-state index contributed by atoms with van der Waals surface area (Å²) < 4.78 is 5.10. The van der Waals surface area contributed by atoms with Crippen LogP contribution in [0.5, 0.6) is 0 Å². The van der Waals surface area contributed by atoms with E-state index in [9.17, 15) is 9.90 Å². The first kappa shape index (κ1) is 14.5. The van der Waals surface area contributed by atoms with Crippen LogP contribution in [0, 0.1) is 5.92 Å². The maximum Gasteiger partial charge on any atom is 0.308 e. The van der Waals surface area contributed by atoms with Crippen molar-refractivity contribution in [3.63, 3.8) is 0 Å². The van der Waals surface area contributed by atoms with Gasteiger partial charge in [-0.1, -0.05) is 26.2 Å². The van der Waals surface area contributed by atoms with Crippen LogP contribution < -0.4 is 0 Å². The van der Waals surface area contributed by atoms with E-state index in [2.05, 4.69) is 11.8 Å². The van der Waals surface area contributed by atoms with Gasteiger partial charge >= 0.3 is 5.97 Å². The SMILES string of the molecule is CCN(CCOC)C1CCCCCC1C(=O)O. The van der Waals surface area contributed by atoms with E-state index in [4.69, 9.17) is 4.74 Å². The molecule has 0 aromatic rings. The number of nitrogens with zero attached hydrogens (tertiary/aromatic N) is 1. The van der Waals surface area contributed by atoms with E-state index in [1.165, 1.54) is 6.42 Å². The second-order valence-electron chi connectivity index (χ2n) is 4.77. The van der Waals surface area contributed by atoms with Crippen LogP contribution in [0.4, 0.5) is 0 Å². The minimum absolute atomic E-state index is 0.190. The van der Waals surface area contributed by atoms with Crippen molar-refractivity contribution in [1.82, 2.24) is 4.90 Å². The third-order valence-electron chi connectivity index (χ3n) is 3.75. The van der Waals surface area contributed by atoms with E-state index in [-0.39, 0.29) is 12.0 Å². The molecule has 1 aliphatic carbocycles. The Morgan fingerprint density at radius 2 is 2.06 bits per heavy atom. The second-order valence-corrected chi connectivity index (χ2v) is 4.77. The summed E-state index contributed by atoms with van der Waals surface area (Å²) in [6.45, 7) is 4.51. The average molecular weight is 243 g/mol. The van der Waals surface area contributed by atoms with Crippen LogP contribution in [0.1, 0.15) is 39.0 Å². The highest BCUT2D eigenvalue weighted by Gasteiger charge is 2.32. The highest BCUT2D eigenvalue weighted by atomic mass is 16.5. The number of likely N-dealkylation sites (N-methyl/N-ethyl adjacent to an activating group) is 1. The van der Waals surface area contributed by atoms with Crippen molar-refractivity contribution in [1.29, 1.82) is 0 Å². The van der Waals surface area contributed by atoms with Gasteiger partial charge in [0.25, 0.3) is 0 Å². The summed E-state index contributed by atoms with van der Waals surface area (Å²) in [6, 6.07) is 0.190. The number of hydrogen-bond acceptors (Lipinski definition) is 3. The summed E-state index contributed by atoms with van der Waals surface area (Å²) in [5, 5.41) is 9.35. The topological polar surface area (TPSA) is 49.8 Å². The number of rotatable bonds is 6. The van der Waals surface area contributed by atoms with Crippen molar-refractivity contribution in [2.24, 2.45) is 5.92 Å².